The predicted octanol–water partition coefficient (Wildman–Crippen LogP) is 1.21. The number of nitrogens with two attached hydrogens (primary N) is 1. The first kappa shape index (κ1) is 14.4. The summed E-state index contributed by atoms with van der Waals surface area (Å²) in [6.07, 6.45) is 0. The largest absolute Gasteiger partial charge is 0.409 e. The number of hydrogen-bond acceptors (Lipinski definition) is 5. The van der Waals surface area contributed by atoms with Gasteiger partial charge in [0, 0.05) is 19.5 Å². The van der Waals surface area contributed by atoms with Gasteiger partial charge in [-0.3, -0.25) is 4.79 Å². The maximum atomic E-state index is 12.2. The number of oxime groups is 1. The first-order valence-corrected chi connectivity index (χ1v) is 6.35. The molecule has 0 radical (unpaired) electrons. The molecule has 1 rings (SSSR count). The van der Waals surface area contributed by atoms with E-state index >= 15 is 0 Å². The van der Waals surface area contributed by atoms with Gasteiger partial charge in [-0.25, -0.2) is 4.98 Å². The summed E-state index contributed by atoms with van der Waals surface area (Å²) in [5, 5.41) is 12.4. The number of carbonyl (C=O) groups excluding carboxylic acids is 1. The number of nitrogens with zero attached hydrogens (tertiary/aromatic N) is 3. The van der Waals surface area contributed by atoms with Crippen LogP contribution in [0.2, 0.25) is 0 Å². The summed E-state index contributed by atoms with van der Waals surface area (Å²) in [7, 11) is 1.69. The van der Waals surface area contributed by atoms with Crippen LogP contribution in [0, 0.1) is 19.8 Å². The number of amides is 1. The SMILES string of the molecule is Cc1nc(C)c(C(=O)N(C)CC(C)C(N)=NO)s1. The van der Waals surface area contributed by atoms with E-state index in [1.807, 2.05) is 13.8 Å². The first-order valence-electron chi connectivity index (χ1n) is 5.53. The van der Waals surface area contributed by atoms with Crippen molar-refractivity contribution >= 4 is 23.1 Å². The van der Waals surface area contributed by atoms with Gasteiger partial charge in [0.2, 0.25) is 0 Å². The summed E-state index contributed by atoms with van der Waals surface area (Å²) in [5.41, 5.74) is 6.23. The monoisotopic (exact) mass is 270 g/mol. The van der Waals surface area contributed by atoms with Crippen LogP contribution in [0.25, 0.3) is 0 Å². The Kier molecular flexibility index (Phi) is 4.66. The predicted molar refractivity (Wildman–Crippen MR) is 71.1 cm³/mol. The van der Waals surface area contributed by atoms with Gasteiger partial charge in [-0.2, -0.15) is 0 Å². The van der Waals surface area contributed by atoms with Crippen molar-refractivity contribution in [3.63, 3.8) is 0 Å². The Morgan fingerprint density at radius 2 is 2.22 bits per heavy atom. The second-order valence-electron chi connectivity index (χ2n) is 4.26. The molecule has 7 heteroatoms. The van der Waals surface area contributed by atoms with E-state index in [9.17, 15) is 4.79 Å². The minimum absolute atomic E-state index is 0.0873. The number of aromatic nitrogens is 1. The van der Waals surface area contributed by atoms with E-state index in [4.69, 9.17) is 10.9 Å². The molecule has 0 aliphatic carbocycles. The fourth-order valence-corrected chi connectivity index (χ4v) is 2.50. The van der Waals surface area contributed by atoms with E-state index in [0.29, 0.717) is 11.4 Å². The minimum Gasteiger partial charge on any atom is -0.409 e. The second-order valence-corrected chi connectivity index (χ2v) is 5.46. The van der Waals surface area contributed by atoms with Crippen molar-refractivity contribution in [2.24, 2.45) is 16.8 Å². The van der Waals surface area contributed by atoms with Crippen LogP contribution >= 0.6 is 11.3 Å². The lowest BCUT2D eigenvalue weighted by Gasteiger charge is -2.20. The van der Waals surface area contributed by atoms with Crippen LogP contribution in [-0.4, -0.2) is 40.4 Å². The molecule has 0 fully saturated rings. The van der Waals surface area contributed by atoms with Crippen LogP contribution in [0.3, 0.4) is 0 Å². The van der Waals surface area contributed by atoms with E-state index in [2.05, 4.69) is 10.1 Å². The number of amidine groups is 1. The zero-order valence-electron chi connectivity index (χ0n) is 11.0. The molecule has 100 valence electrons. The summed E-state index contributed by atoms with van der Waals surface area (Å²) < 4.78 is 0. The van der Waals surface area contributed by atoms with Gasteiger partial charge in [0.25, 0.3) is 5.91 Å². The summed E-state index contributed by atoms with van der Waals surface area (Å²) in [4.78, 5) is 18.6. The van der Waals surface area contributed by atoms with Gasteiger partial charge in [0.05, 0.1) is 10.7 Å². The van der Waals surface area contributed by atoms with Crippen molar-refractivity contribution in [3.05, 3.63) is 15.6 Å². The molecule has 18 heavy (non-hydrogen) atoms. The molecule has 1 aromatic heterocycles. The average molecular weight is 270 g/mol. The minimum atomic E-state index is -0.196. The summed E-state index contributed by atoms with van der Waals surface area (Å²) in [5.74, 6) is -0.166. The van der Waals surface area contributed by atoms with Crippen LogP contribution in [0.5, 0.6) is 0 Å². The summed E-state index contributed by atoms with van der Waals surface area (Å²) in [6.45, 7) is 5.87. The Morgan fingerprint density at radius 3 is 2.67 bits per heavy atom. The van der Waals surface area contributed by atoms with Crippen LogP contribution in [-0.2, 0) is 0 Å². The highest BCUT2D eigenvalue weighted by molar-refractivity contribution is 7.13. The molecule has 0 bridgehead atoms. The average Bonchev–Trinajstić information content (AvgIpc) is 2.66. The zero-order valence-corrected chi connectivity index (χ0v) is 11.8. The van der Waals surface area contributed by atoms with Crippen LogP contribution in [0.15, 0.2) is 5.16 Å². The Labute approximate surface area is 110 Å². The third-order valence-electron chi connectivity index (χ3n) is 2.61. The number of carbonyl (C=O) groups is 1. The van der Waals surface area contributed by atoms with E-state index in [-0.39, 0.29) is 17.7 Å². The Hall–Kier alpha value is -1.63. The fourth-order valence-electron chi connectivity index (χ4n) is 1.59. The van der Waals surface area contributed by atoms with Crippen molar-refractivity contribution in [2.45, 2.75) is 20.8 Å². The quantitative estimate of drug-likeness (QED) is 0.372. The van der Waals surface area contributed by atoms with Gasteiger partial charge in [-0.05, 0) is 13.8 Å². The molecule has 1 aromatic rings. The molecule has 0 aliphatic rings. The third kappa shape index (κ3) is 3.19. The molecule has 1 atom stereocenters. The van der Waals surface area contributed by atoms with Crippen molar-refractivity contribution < 1.29 is 10.0 Å². The lowest BCUT2D eigenvalue weighted by atomic mass is 10.1. The number of aryl methyl sites for hydroxylation is 2. The van der Waals surface area contributed by atoms with E-state index < -0.39 is 0 Å². The molecule has 3 N–H and O–H groups in total. The standard InChI is InChI=1S/C11H18N4O2S/c1-6(10(12)14-17)5-15(4)11(16)9-7(2)13-8(3)18-9/h6,17H,5H2,1-4H3,(H2,12,14). The van der Waals surface area contributed by atoms with E-state index in [1.54, 1.807) is 18.9 Å². The van der Waals surface area contributed by atoms with Gasteiger partial charge in [0.15, 0.2) is 0 Å². The van der Waals surface area contributed by atoms with Crippen molar-refractivity contribution in [1.82, 2.24) is 9.88 Å². The van der Waals surface area contributed by atoms with Crippen molar-refractivity contribution in [2.75, 3.05) is 13.6 Å². The molecule has 1 amide bonds. The lowest BCUT2D eigenvalue weighted by Crippen LogP contribution is -2.36. The maximum Gasteiger partial charge on any atom is 0.265 e. The highest BCUT2D eigenvalue weighted by Gasteiger charge is 2.20. The summed E-state index contributed by atoms with van der Waals surface area (Å²) >= 11 is 1.38. The molecule has 0 saturated carbocycles. The molecule has 0 spiro atoms. The van der Waals surface area contributed by atoms with Gasteiger partial charge >= 0.3 is 0 Å². The number of hydrogen-bond donors (Lipinski definition) is 2. The van der Waals surface area contributed by atoms with Crippen LogP contribution in [0.4, 0.5) is 0 Å². The van der Waals surface area contributed by atoms with Gasteiger partial charge in [-0.1, -0.05) is 12.1 Å². The second kappa shape index (κ2) is 5.81. The molecule has 0 aromatic carbocycles. The maximum absolute atomic E-state index is 12.2. The highest BCUT2D eigenvalue weighted by Crippen LogP contribution is 2.19. The van der Waals surface area contributed by atoms with E-state index in [0.717, 1.165) is 10.7 Å². The Bertz CT molecular complexity index is 470. The lowest BCUT2D eigenvalue weighted by molar-refractivity contribution is 0.0790. The topological polar surface area (TPSA) is 91.8 Å². The van der Waals surface area contributed by atoms with Crippen LogP contribution < -0.4 is 5.73 Å². The molecule has 1 unspecified atom stereocenters. The highest BCUT2D eigenvalue weighted by atomic mass is 32.1. The zero-order chi connectivity index (χ0) is 13.9. The van der Waals surface area contributed by atoms with Crippen molar-refractivity contribution in [1.29, 1.82) is 0 Å². The smallest absolute Gasteiger partial charge is 0.265 e. The Morgan fingerprint density at radius 1 is 1.61 bits per heavy atom. The molecular weight excluding hydrogens is 252 g/mol. The number of thiazole rings is 1. The fraction of sp³-hybridized carbons (Fsp3) is 0.545. The first-order chi connectivity index (χ1) is 8.36. The molecule has 1 heterocycles. The van der Waals surface area contributed by atoms with E-state index in [1.165, 1.54) is 11.3 Å². The molecular formula is C11H18N4O2S. The molecule has 0 saturated heterocycles. The molecule has 0 aliphatic heterocycles. The third-order valence-corrected chi connectivity index (χ3v) is 3.67. The molecule has 6 nitrogen and oxygen atoms in total. The van der Waals surface area contributed by atoms with Gasteiger partial charge < -0.3 is 15.8 Å². The summed E-state index contributed by atoms with van der Waals surface area (Å²) in [6, 6.07) is 0. The normalized spacial score (nSPS) is 13.4. The van der Waals surface area contributed by atoms with Crippen LogP contribution in [0.1, 0.15) is 27.3 Å². The van der Waals surface area contributed by atoms with Crippen molar-refractivity contribution in [3.8, 4) is 0 Å². The number of rotatable bonds is 4. The van der Waals surface area contributed by atoms with Gasteiger partial charge in [-0.15, -0.1) is 11.3 Å². The van der Waals surface area contributed by atoms with Gasteiger partial charge in [0.1, 0.15) is 10.7 Å². The Balaban J connectivity index is 2.76.